The van der Waals surface area contributed by atoms with Gasteiger partial charge in [0.05, 0.1) is 12.2 Å². The van der Waals surface area contributed by atoms with Crippen LogP contribution in [0.1, 0.15) is 17.7 Å². The highest BCUT2D eigenvalue weighted by molar-refractivity contribution is 5.76. The molecule has 1 heterocycles. The van der Waals surface area contributed by atoms with Gasteiger partial charge in [-0.05, 0) is 18.1 Å². The van der Waals surface area contributed by atoms with E-state index in [9.17, 15) is 4.79 Å². The molecular weight excluding hydrogens is 238 g/mol. The number of carbonyl (C=O) groups excluding carboxylic acids is 1. The normalized spacial score (nSPS) is 10.4. The molecule has 0 spiro atoms. The second-order valence-corrected chi connectivity index (χ2v) is 4.72. The number of hydrogen-bond acceptors (Lipinski definition) is 2. The van der Waals surface area contributed by atoms with Crippen LogP contribution in [0.15, 0.2) is 42.6 Å². The molecule has 1 amide bonds. The molecule has 0 N–H and O–H groups in total. The minimum absolute atomic E-state index is 0.148. The van der Waals surface area contributed by atoms with Crippen molar-refractivity contribution >= 4 is 5.91 Å². The molecule has 0 saturated carbocycles. The van der Waals surface area contributed by atoms with Crippen molar-refractivity contribution in [2.24, 2.45) is 7.05 Å². The Balaban J connectivity index is 1.82. The summed E-state index contributed by atoms with van der Waals surface area (Å²) in [6.07, 6.45) is 3.21. The topological polar surface area (TPSA) is 38.1 Å². The highest BCUT2D eigenvalue weighted by atomic mass is 16.2. The number of hydrogen-bond donors (Lipinski definition) is 0. The molecule has 19 heavy (non-hydrogen) atoms. The average molecular weight is 257 g/mol. The molecule has 0 aliphatic rings. The average Bonchev–Trinajstić information content (AvgIpc) is 2.82. The van der Waals surface area contributed by atoms with Crippen molar-refractivity contribution in [3.8, 4) is 0 Å². The van der Waals surface area contributed by atoms with Crippen molar-refractivity contribution in [3.05, 3.63) is 53.9 Å². The lowest BCUT2D eigenvalue weighted by Gasteiger charge is -2.15. The van der Waals surface area contributed by atoms with Crippen molar-refractivity contribution in [2.45, 2.75) is 19.4 Å². The van der Waals surface area contributed by atoms with E-state index < -0.39 is 0 Å². The Hall–Kier alpha value is -2.10. The zero-order chi connectivity index (χ0) is 13.7. The van der Waals surface area contributed by atoms with Gasteiger partial charge in [-0.15, -0.1) is 0 Å². The first-order chi connectivity index (χ1) is 9.15. The van der Waals surface area contributed by atoms with Gasteiger partial charge in [-0.3, -0.25) is 9.48 Å². The fourth-order valence-corrected chi connectivity index (χ4v) is 1.97. The van der Waals surface area contributed by atoms with Crippen LogP contribution in [0.4, 0.5) is 0 Å². The van der Waals surface area contributed by atoms with E-state index in [1.165, 1.54) is 5.56 Å². The molecule has 1 aromatic carbocycles. The van der Waals surface area contributed by atoms with Gasteiger partial charge in [0, 0.05) is 26.7 Å². The van der Waals surface area contributed by atoms with E-state index in [1.807, 2.05) is 56.7 Å². The standard InChI is InChI=1S/C15H19N3O/c1-17(12-14-10-11-18(2)16-14)15(19)9-8-13-6-4-3-5-7-13/h3-7,10-11H,8-9,12H2,1-2H3. The van der Waals surface area contributed by atoms with Gasteiger partial charge >= 0.3 is 0 Å². The largest absolute Gasteiger partial charge is 0.340 e. The van der Waals surface area contributed by atoms with E-state index in [-0.39, 0.29) is 5.91 Å². The maximum Gasteiger partial charge on any atom is 0.222 e. The minimum Gasteiger partial charge on any atom is -0.340 e. The second kappa shape index (κ2) is 6.18. The molecular formula is C15H19N3O. The number of aryl methyl sites for hydroxylation is 2. The van der Waals surface area contributed by atoms with Crippen LogP contribution < -0.4 is 0 Å². The van der Waals surface area contributed by atoms with E-state index in [1.54, 1.807) is 9.58 Å². The Morgan fingerprint density at radius 3 is 2.63 bits per heavy atom. The molecule has 0 fully saturated rings. The summed E-state index contributed by atoms with van der Waals surface area (Å²) in [5.74, 6) is 0.148. The summed E-state index contributed by atoms with van der Waals surface area (Å²) in [7, 11) is 3.70. The Morgan fingerprint density at radius 2 is 2.00 bits per heavy atom. The summed E-state index contributed by atoms with van der Waals surface area (Å²) in [4.78, 5) is 13.7. The molecule has 0 atom stereocenters. The molecule has 2 aromatic rings. The first-order valence-corrected chi connectivity index (χ1v) is 6.41. The fourth-order valence-electron chi connectivity index (χ4n) is 1.97. The lowest BCUT2D eigenvalue weighted by atomic mass is 10.1. The number of amides is 1. The third-order valence-electron chi connectivity index (χ3n) is 3.06. The van der Waals surface area contributed by atoms with Gasteiger partial charge in [-0.1, -0.05) is 30.3 Å². The molecule has 0 radical (unpaired) electrons. The van der Waals surface area contributed by atoms with Gasteiger partial charge in [-0.25, -0.2) is 0 Å². The summed E-state index contributed by atoms with van der Waals surface area (Å²) < 4.78 is 1.75. The molecule has 1 aromatic heterocycles. The maximum absolute atomic E-state index is 12.0. The molecule has 0 bridgehead atoms. The Bertz CT molecular complexity index is 533. The van der Waals surface area contributed by atoms with Gasteiger partial charge in [-0.2, -0.15) is 5.10 Å². The summed E-state index contributed by atoms with van der Waals surface area (Å²) in [6, 6.07) is 12.0. The van der Waals surface area contributed by atoms with Crippen LogP contribution in [0.5, 0.6) is 0 Å². The smallest absolute Gasteiger partial charge is 0.222 e. The predicted molar refractivity (Wildman–Crippen MR) is 74.4 cm³/mol. The highest BCUT2D eigenvalue weighted by Gasteiger charge is 2.10. The summed E-state index contributed by atoms with van der Waals surface area (Å²) in [5, 5.41) is 4.27. The summed E-state index contributed by atoms with van der Waals surface area (Å²) in [6.45, 7) is 0.564. The molecule has 4 nitrogen and oxygen atoms in total. The molecule has 4 heteroatoms. The molecule has 100 valence electrons. The number of benzene rings is 1. The number of aromatic nitrogens is 2. The van der Waals surface area contributed by atoms with Crippen LogP contribution in [0.3, 0.4) is 0 Å². The summed E-state index contributed by atoms with van der Waals surface area (Å²) >= 11 is 0. The Labute approximate surface area is 113 Å². The number of rotatable bonds is 5. The molecule has 2 rings (SSSR count). The highest BCUT2D eigenvalue weighted by Crippen LogP contribution is 2.06. The summed E-state index contributed by atoms with van der Waals surface area (Å²) in [5.41, 5.74) is 2.11. The van der Waals surface area contributed by atoms with Crippen LogP contribution in [-0.2, 0) is 24.8 Å². The lowest BCUT2D eigenvalue weighted by Crippen LogP contribution is -2.26. The van der Waals surface area contributed by atoms with Crippen molar-refractivity contribution in [2.75, 3.05) is 7.05 Å². The zero-order valence-electron chi connectivity index (χ0n) is 11.4. The van der Waals surface area contributed by atoms with Crippen molar-refractivity contribution < 1.29 is 4.79 Å². The second-order valence-electron chi connectivity index (χ2n) is 4.72. The van der Waals surface area contributed by atoms with Gasteiger partial charge < -0.3 is 4.90 Å². The van der Waals surface area contributed by atoms with E-state index in [2.05, 4.69) is 5.10 Å². The van der Waals surface area contributed by atoms with E-state index >= 15 is 0 Å². The number of nitrogens with zero attached hydrogens (tertiary/aromatic N) is 3. The molecule has 0 saturated heterocycles. The van der Waals surface area contributed by atoms with Crippen LogP contribution in [0.2, 0.25) is 0 Å². The SMILES string of the molecule is CN(Cc1ccn(C)n1)C(=O)CCc1ccccc1. The third kappa shape index (κ3) is 3.95. The van der Waals surface area contributed by atoms with Crippen molar-refractivity contribution in [1.82, 2.24) is 14.7 Å². The zero-order valence-corrected chi connectivity index (χ0v) is 11.4. The number of carbonyl (C=O) groups is 1. The van der Waals surface area contributed by atoms with Crippen molar-refractivity contribution in [1.29, 1.82) is 0 Å². The first kappa shape index (κ1) is 13.3. The van der Waals surface area contributed by atoms with Crippen LogP contribution in [-0.4, -0.2) is 27.6 Å². The van der Waals surface area contributed by atoms with Crippen molar-refractivity contribution in [3.63, 3.8) is 0 Å². The van der Waals surface area contributed by atoms with Crippen LogP contribution >= 0.6 is 0 Å². The van der Waals surface area contributed by atoms with Crippen LogP contribution in [0.25, 0.3) is 0 Å². The Kier molecular flexibility index (Phi) is 4.34. The maximum atomic E-state index is 12.0. The fraction of sp³-hybridized carbons (Fsp3) is 0.333. The van der Waals surface area contributed by atoms with Crippen LogP contribution in [0, 0.1) is 0 Å². The van der Waals surface area contributed by atoms with Gasteiger partial charge in [0.2, 0.25) is 5.91 Å². The molecule has 0 unspecified atom stereocenters. The van der Waals surface area contributed by atoms with Gasteiger partial charge in [0.15, 0.2) is 0 Å². The van der Waals surface area contributed by atoms with E-state index in [4.69, 9.17) is 0 Å². The van der Waals surface area contributed by atoms with E-state index in [0.717, 1.165) is 12.1 Å². The van der Waals surface area contributed by atoms with E-state index in [0.29, 0.717) is 13.0 Å². The minimum atomic E-state index is 0.148. The third-order valence-corrected chi connectivity index (χ3v) is 3.06. The Morgan fingerprint density at radius 1 is 1.26 bits per heavy atom. The predicted octanol–water partition coefficient (Wildman–Crippen LogP) is 2.01. The van der Waals surface area contributed by atoms with Gasteiger partial charge in [0.25, 0.3) is 0 Å². The van der Waals surface area contributed by atoms with Gasteiger partial charge in [0.1, 0.15) is 0 Å². The molecule has 0 aliphatic carbocycles. The molecule has 0 aliphatic heterocycles. The monoisotopic (exact) mass is 257 g/mol. The quantitative estimate of drug-likeness (QED) is 0.822. The lowest BCUT2D eigenvalue weighted by molar-refractivity contribution is -0.130. The first-order valence-electron chi connectivity index (χ1n) is 6.41.